The molecule has 1 saturated heterocycles. The average Bonchev–Trinajstić information content (AvgIpc) is 2.78. The van der Waals surface area contributed by atoms with Gasteiger partial charge in [0.1, 0.15) is 0 Å². The van der Waals surface area contributed by atoms with E-state index in [4.69, 9.17) is 10.7 Å². The summed E-state index contributed by atoms with van der Waals surface area (Å²) in [5.41, 5.74) is 8.02. The van der Waals surface area contributed by atoms with Crippen LogP contribution in [-0.4, -0.2) is 34.1 Å². The van der Waals surface area contributed by atoms with Crippen LogP contribution in [0, 0.1) is 13.8 Å². The Morgan fingerprint density at radius 1 is 1.35 bits per heavy atom. The summed E-state index contributed by atoms with van der Waals surface area (Å²) in [6.45, 7) is 5.87. The molecule has 1 aliphatic heterocycles. The Bertz CT molecular complexity index is 609. The van der Waals surface area contributed by atoms with Gasteiger partial charge in [0.15, 0.2) is 0 Å². The summed E-state index contributed by atoms with van der Waals surface area (Å²) >= 11 is 1.68. The van der Waals surface area contributed by atoms with E-state index in [0.29, 0.717) is 0 Å². The molecule has 2 N–H and O–H groups in total. The van der Waals surface area contributed by atoms with Crippen LogP contribution in [0.4, 0.5) is 5.95 Å². The lowest BCUT2D eigenvalue weighted by Gasteiger charge is -2.30. The second kappa shape index (κ2) is 5.46. The summed E-state index contributed by atoms with van der Waals surface area (Å²) in [5.74, 6) is 0.781. The van der Waals surface area contributed by atoms with Crippen molar-refractivity contribution in [1.82, 2.24) is 15.0 Å². The maximum absolute atomic E-state index is 6.03. The first-order chi connectivity index (χ1) is 9.63. The zero-order chi connectivity index (χ0) is 14.1. The maximum Gasteiger partial charge on any atom is 0.225 e. The number of aromatic nitrogens is 3. The Kier molecular flexibility index (Phi) is 3.67. The third-order valence-electron chi connectivity index (χ3n) is 3.52. The molecule has 1 atom stereocenters. The number of nitrogens with two attached hydrogens (primary N) is 1. The molecule has 0 spiro atoms. The number of hydrogen-bond donors (Lipinski definition) is 1. The van der Waals surface area contributed by atoms with E-state index in [1.807, 2.05) is 26.1 Å². The van der Waals surface area contributed by atoms with Crippen molar-refractivity contribution in [3.8, 4) is 10.6 Å². The van der Waals surface area contributed by atoms with E-state index in [9.17, 15) is 0 Å². The lowest BCUT2D eigenvalue weighted by Crippen LogP contribution is -2.43. The van der Waals surface area contributed by atoms with Crippen LogP contribution in [0.2, 0.25) is 0 Å². The molecule has 3 rings (SSSR count). The molecule has 20 heavy (non-hydrogen) atoms. The van der Waals surface area contributed by atoms with Crippen LogP contribution in [0.1, 0.15) is 23.5 Å². The molecule has 2 aromatic heterocycles. The van der Waals surface area contributed by atoms with Gasteiger partial charge >= 0.3 is 0 Å². The van der Waals surface area contributed by atoms with Gasteiger partial charge in [0, 0.05) is 25.3 Å². The summed E-state index contributed by atoms with van der Waals surface area (Å²) in [7, 11) is 0. The van der Waals surface area contributed by atoms with Crippen LogP contribution in [0.5, 0.6) is 0 Å². The number of anilines is 1. The molecule has 0 saturated carbocycles. The summed E-state index contributed by atoms with van der Waals surface area (Å²) in [6.07, 6.45) is 4.02. The van der Waals surface area contributed by atoms with Crippen LogP contribution >= 0.6 is 11.3 Å². The van der Waals surface area contributed by atoms with E-state index < -0.39 is 0 Å². The Hall–Kier alpha value is -1.53. The van der Waals surface area contributed by atoms with Crippen LogP contribution in [0.25, 0.3) is 10.6 Å². The monoisotopic (exact) mass is 289 g/mol. The summed E-state index contributed by atoms with van der Waals surface area (Å²) in [5, 5.41) is 1.07. The van der Waals surface area contributed by atoms with Gasteiger partial charge in [-0.3, -0.25) is 0 Å². The highest BCUT2D eigenvalue weighted by Crippen LogP contribution is 2.29. The quantitative estimate of drug-likeness (QED) is 0.917. The minimum atomic E-state index is 0.225. The molecular formula is C14H19N5S. The Morgan fingerprint density at radius 2 is 2.20 bits per heavy atom. The minimum Gasteiger partial charge on any atom is -0.339 e. The summed E-state index contributed by atoms with van der Waals surface area (Å²) in [6, 6.07) is 2.18. The second-order valence-corrected chi connectivity index (χ2v) is 6.44. The Labute approximate surface area is 122 Å². The molecule has 106 valence electrons. The third-order valence-corrected chi connectivity index (χ3v) is 4.62. The van der Waals surface area contributed by atoms with Crippen molar-refractivity contribution >= 4 is 17.3 Å². The zero-order valence-electron chi connectivity index (χ0n) is 11.8. The van der Waals surface area contributed by atoms with E-state index in [0.717, 1.165) is 53.2 Å². The van der Waals surface area contributed by atoms with Gasteiger partial charge in [-0.2, -0.15) is 0 Å². The first kappa shape index (κ1) is 13.5. The van der Waals surface area contributed by atoms with Crippen LogP contribution in [-0.2, 0) is 0 Å². The van der Waals surface area contributed by atoms with E-state index in [1.165, 1.54) is 0 Å². The largest absolute Gasteiger partial charge is 0.339 e. The van der Waals surface area contributed by atoms with Gasteiger partial charge in [-0.15, -0.1) is 11.3 Å². The van der Waals surface area contributed by atoms with Gasteiger partial charge in [0.2, 0.25) is 5.95 Å². The molecule has 5 nitrogen and oxygen atoms in total. The number of thiazole rings is 1. The van der Waals surface area contributed by atoms with E-state index in [-0.39, 0.29) is 6.04 Å². The number of aryl methyl sites for hydroxylation is 2. The van der Waals surface area contributed by atoms with Crippen molar-refractivity contribution < 1.29 is 0 Å². The lowest BCUT2D eigenvalue weighted by molar-refractivity contribution is 0.500. The normalized spacial score (nSPS) is 19.4. The molecule has 0 amide bonds. The number of rotatable bonds is 2. The van der Waals surface area contributed by atoms with Crippen LogP contribution in [0.3, 0.4) is 0 Å². The molecule has 1 aliphatic rings. The van der Waals surface area contributed by atoms with Gasteiger partial charge < -0.3 is 10.6 Å². The number of hydrogen-bond acceptors (Lipinski definition) is 6. The summed E-state index contributed by atoms with van der Waals surface area (Å²) in [4.78, 5) is 16.9. The molecule has 2 aromatic rings. The minimum absolute atomic E-state index is 0.225. The Balaban J connectivity index is 1.91. The van der Waals surface area contributed by atoms with Crippen molar-refractivity contribution in [1.29, 1.82) is 0 Å². The fourth-order valence-electron chi connectivity index (χ4n) is 2.59. The standard InChI is InChI=1S/C14H19N5S/c1-9-13(20-10(2)17-9)12-5-6-16-14(18-12)19-7-3-4-11(15)8-19/h5-6,11H,3-4,7-8,15H2,1-2H3. The molecule has 1 unspecified atom stereocenters. The van der Waals surface area contributed by atoms with Crippen molar-refractivity contribution in [2.24, 2.45) is 5.73 Å². The molecule has 0 radical (unpaired) electrons. The topological polar surface area (TPSA) is 67.9 Å². The number of nitrogens with zero attached hydrogens (tertiary/aromatic N) is 4. The van der Waals surface area contributed by atoms with Gasteiger partial charge in [-0.25, -0.2) is 15.0 Å². The van der Waals surface area contributed by atoms with Gasteiger partial charge in [0.05, 0.1) is 21.3 Å². The summed E-state index contributed by atoms with van der Waals surface area (Å²) < 4.78 is 0. The molecule has 3 heterocycles. The lowest BCUT2D eigenvalue weighted by atomic mass is 10.1. The smallest absolute Gasteiger partial charge is 0.225 e. The first-order valence-electron chi connectivity index (χ1n) is 6.91. The maximum atomic E-state index is 6.03. The highest BCUT2D eigenvalue weighted by atomic mass is 32.1. The molecule has 0 bridgehead atoms. The fourth-order valence-corrected chi connectivity index (χ4v) is 3.48. The van der Waals surface area contributed by atoms with Crippen molar-refractivity contribution in [2.45, 2.75) is 32.7 Å². The number of piperidine rings is 1. The van der Waals surface area contributed by atoms with E-state index in [1.54, 1.807) is 11.3 Å². The molecule has 6 heteroatoms. The first-order valence-corrected chi connectivity index (χ1v) is 7.73. The molecular weight excluding hydrogens is 270 g/mol. The van der Waals surface area contributed by atoms with Crippen LogP contribution in [0.15, 0.2) is 12.3 Å². The zero-order valence-corrected chi connectivity index (χ0v) is 12.7. The molecule has 0 aromatic carbocycles. The van der Waals surface area contributed by atoms with Gasteiger partial charge in [0.25, 0.3) is 0 Å². The van der Waals surface area contributed by atoms with E-state index >= 15 is 0 Å². The average molecular weight is 289 g/mol. The fraction of sp³-hybridized carbons (Fsp3) is 0.500. The predicted octanol–water partition coefficient (Wildman–Crippen LogP) is 2.14. The van der Waals surface area contributed by atoms with Crippen LogP contribution < -0.4 is 10.6 Å². The second-order valence-electron chi connectivity index (χ2n) is 5.24. The molecule has 0 aliphatic carbocycles. The van der Waals surface area contributed by atoms with Gasteiger partial charge in [-0.1, -0.05) is 0 Å². The van der Waals surface area contributed by atoms with Crippen molar-refractivity contribution in [3.05, 3.63) is 23.0 Å². The highest BCUT2D eigenvalue weighted by molar-refractivity contribution is 7.15. The van der Waals surface area contributed by atoms with Gasteiger partial charge in [-0.05, 0) is 32.8 Å². The molecule has 1 fully saturated rings. The van der Waals surface area contributed by atoms with Crippen molar-refractivity contribution in [2.75, 3.05) is 18.0 Å². The SMILES string of the molecule is Cc1nc(C)c(-c2ccnc(N3CCCC(N)C3)n2)s1. The Morgan fingerprint density at radius 3 is 2.90 bits per heavy atom. The predicted molar refractivity (Wildman–Crippen MR) is 82.0 cm³/mol. The van der Waals surface area contributed by atoms with E-state index in [2.05, 4.69) is 14.9 Å². The third kappa shape index (κ3) is 2.66. The highest BCUT2D eigenvalue weighted by Gasteiger charge is 2.19. The van der Waals surface area contributed by atoms with Crippen molar-refractivity contribution in [3.63, 3.8) is 0 Å².